The van der Waals surface area contributed by atoms with Crippen LogP contribution in [-0.2, 0) is 0 Å². The molecule has 0 aliphatic carbocycles. The largest absolute Gasteiger partial charge is 0.496 e. The van der Waals surface area contributed by atoms with Gasteiger partial charge in [0.15, 0.2) is 5.78 Å². The van der Waals surface area contributed by atoms with E-state index in [2.05, 4.69) is 19.2 Å². The fraction of sp³-hybridized carbons (Fsp3) is 0.562. The average molecular weight is 261 g/mol. The van der Waals surface area contributed by atoms with Crippen LogP contribution in [0.4, 0.5) is 0 Å². The molecular formula is C16H23NO2. The molecule has 19 heavy (non-hydrogen) atoms. The molecule has 1 N–H and O–H groups in total. The van der Waals surface area contributed by atoms with Gasteiger partial charge in [-0.15, -0.1) is 0 Å². The minimum absolute atomic E-state index is 0.0880. The molecule has 0 radical (unpaired) electrons. The molecule has 1 unspecified atom stereocenters. The van der Waals surface area contributed by atoms with Crippen molar-refractivity contribution in [1.29, 1.82) is 0 Å². The quantitative estimate of drug-likeness (QED) is 0.847. The highest BCUT2D eigenvalue weighted by Gasteiger charge is 2.25. The first-order valence-corrected chi connectivity index (χ1v) is 7.06. The van der Waals surface area contributed by atoms with E-state index in [1.807, 2.05) is 18.2 Å². The Balaban J connectivity index is 2.29. The van der Waals surface area contributed by atoms with Crippen molar-refractivity contribution in [2.24, 2.45) is 5.92 Å². The molecule has 1 aliphatic rings. The maximum atomic E-state index is 12.6. The van der Waals surface area contributed by atoms with Crippen LogP contribution in [-0.4, -0.2) is 26.0 Å². The lowest BCUT2D eigenvalue weighted by Crippen LogP contribution is -2.34. The lowest BCUT2D eigenvalue weighted by molar-refractivity contribution is 0.0896. The molecule has 2 rings (SSSR count). The molecule has 1 fully saturated rings. The smallest absolute Gasteiger partial charge is 0.170 e. The van der Waals surface area contributed by atoms with Gasteiger partial charge in [-0.2, -0.15) is 0 Å². The minimum atomic E-state index is 0.0880. The third kappa shape index (κ3) is 3.16. The van der Waals surface area contributed by atoms with Gasteiger partial charge in [0.2, 0.25) is 0 Å². The van der Waals surface area contributed by atoms with E-state index in [9.17, 15) is 4.79 Å². The Hall–Kier alpha value is -1.35. The summed E-state index contributed by atoms with van der Waals surface area (Å²) >= 11 is 0. The van der Waals surface area contributed by atoms with Crippen molar-refractivity contribution in [3.05, 3.63) is 29.3 Å². The number of methoxy groups -OCH3 is 1. The summed E-state index contributed by atoms with van der Waals surface area (Å²) in [6, 6.07) is 5.96. The van der Waals surface area contributed by atoms with Crippen LogP contribution in [0.15, 0.2) is 18.2 Å². The molecule has 1 aromatic rings. The first kappa shape index (κ1) is 14.1. The van der Waals surface area contributed by atoms with Crippen LogP contribution in [0.3, 0.4) is 0 Å². The summed E-state index contributed by atoms with van der Waals surface area (Å²) < 4.78 is 5.35. The van der Waals surface area contributed by atoms with Crippen molar-refractivity contribution in [2.45, 2.75) is 32.6 Å². The van der Waals surface area contributed by atoms with E-state index >= 15 is 0 Å². The fourth-order valence-corrected chi connectivity index (χ4v) is 2.57. The van der Waals surface area contributed by atoms with Crippen molar-refractivity contribution in [3.8, 4) is 5.75 Å². The Bertz CT molecular complexity index is 448. The molecule has 1 aromatic carbocycles. The van der Waals surface area contributed by atoms with Gasteiger partial charge in [0, 0.05) is 12.5 Å². The summed E-state index contributed by atoms with van der Waals surface area (Å²) in [6.45, 7) is 6.08. The Labute approximate surface area is 115 Å². The van der Waals surface area contributed by atoms with Crippen LogP contribution in [0.1, 0.15) is 48.5 Å². The molecule has 1 heterocycles. The molecule has 3 nitrogen and oxygen atoms in total. The Morgan fingerprint density at radius 1 is 1.42 bits per heavy atom. The second-order valence-electron chi connectivity index (χ2n) is 5.52. The van der Waals surface area contributed by atoms with Crippen LogP contribution in [0, 0.1) is 5.92 Å². The number of ketones is 1. The molecule has 0 saturated carbocycles. The van der Waals surface area contributed by atoms with Crippen LogP contribution >= 0.6 is 0 Å². The maximum Gasteiger partial charge on any atom is 0.170 e. The van der Waals surface area contributed by atoms with Crippen LogP contribution in [0.2, 0.25) is 0 Å². The highest BCUT2D eigenvalue weighted by Crippen LogP contribution is 2.28. The first-order chi connectivity index (χ1) is 9.13. The zero-order valence-electron chi connectivity index (χ0n) is 12.0. The van der Waals surface area contributed by atoms with Gasteiger partial charge < -0.3 is 10.1 Å². The number of carbonyl (C=O) groups excluding carboxylic acids is 1. The van der Waals surface area contributed by atoms with Crippen LogP contribution in [0.5, 0.6) is 5.75 Å². The summed E-state index contributed by atoms with van der Waals surface area (Å²) in [5, 5.41) is 3.30. The Morgan fingerprint density at radius 3 is 2.79 bits per heavy atom. The summed E-state index contributed by atoms with van der Waals surface area (Å²) in [6.07, 6.45) is 2.05. The Morgan fingerprint density at radius 2 is 2.21 bits per heavy atom. The number of carbonyl (C=O) groups is 1. The van der Waals surface area contributed by atoms with E-state index in [0.29, 0.717) is 11.7 Å². The van der Waals surface area contributed by atoms with Crippen molar-refractivity contribution in [2.75, 3.05) is 20.2 Å². The summed E-state index contributed by atoms with van der Waals surface area (Å²) in [5.74, 6) is 1.42. The minimum Gasteiger partial charge on any atom is -0.496 e. The van der Waals surface area contributed by atoms with Crippen LogP contribution in [0.25, 0.3) is 0 Å². The van der Waals surface area contributed by atoms with Crippen molar-refractivity contribution in [3.63, 3.8) is 0 Å². The van der Waals surface area contributed by atoms with E-state index in [1.165, 1.54) is 5.56 Å². The predicted molar refractivity (Wildman–Crippen MR) is 77.0 cm³/mol. The summed E-state index contributed by atoms with van der Waals surface area (Å²) in [5.41, 5.74) is 1.93. The van der Waals surface area contributed by atoms with Crippen molar-refractivity contribution >= 4 is 5.78 Å². The molecular weight excluding hydrogens is 238 g/mol. The zero-order valence-corrected chi connectivity index (χ0v) is 12.0. The van der Waals surface area contributed by atoms with E-state index in [-0.39, 0.29) is 11.7 Å². The first-order valence-electron chi connectivity index (χ1n) is 7.06. The standard InChI is InChI=1S/C16H23NO2/c1-11(2)12-6-7-15(19-3)14(9-12)16(18)13-5-4-8-17-10-13/h6-7,9,11,13,17H,4-5,8,10H2,1-3H3. The molecule has 104 valence electrons. The lowest BCUT2D eigenvalue weighted by atomic mass is 9.89. The number of Topliss-reactive ketones (excluding diaryl/α,β-unsaturated/α-hetero) is 1. The van der Waals surface area contributed by atoms with E-state index in [0.717, 1.165) is 31.5 Å². The van der Waals surface area contributed by atoms with E-state index in [1.54, 1.807) is 7.11 Å². The number of nitrogens with one attached hydrogen (secondary N) is 1. The van der Waals surface area contributed by atoms with Crippen LogP contribution < -0.4 is 10.1 Å². The van der Waals surface area contributed by atoms with Gasteiger partial charge >= 0.3 is 0 Å². The molecule has 0 amide bonds. The SMILES string of the molecule is COc1ccc(C(C)C)cc1C(=O)C1CCCNC1. The van der Waals surface area contributed by atoms with Gasteiger partial charge in [-0.25, -0.2) is 0 Å². The third-order valence-electron chi connectivity index (χ3n) is 3.82. The number of benzene rings is 1. The molecule has 1 aliphatic heterocycles. The van der Waals surface area contributed by atoms with Gasteiger partial charge in [0.25, 0.3) is 0 Å². The fourth-order valence-electron chi connectivity index (χ4n) is 2.57. The summed E-state index contributed by atoms with van der Waals surface area (Å²) in [4.78, 5) is 12.6. The number of hydrogen-bond acceptors (Lipinski definition) is 3. The third-order valence-corrected chi connectivity index (χ3v) is 3.82. The second kappa shape index (κ2) is 6.20. The second-order valence-corrected chi connectivity index (χ2v) is 5.52. The number of hydrogen-bond donors (Lipinski definition) is 1. The monoisotopic (exact) mass is 261 g/mol. The predicted octanol–water partition coefficient (Wildman–Crippen LogP) is 3.00. The van der Waals surface area contributed by atoms with Gasteiger partial charge in [-0.05, 0) is 43.0 Å². The zero-order chi connectivity index (χ0) is 13.8. The normalized spacial score (nSPS) is 19.5. The van der Waals surface area contributed by atoms with E-state index < -0.39 is 0 Å². The number of piperidine rings is 1. The molecule has 1 atom stereocenters. The van der Waals surface area contributed by atoms with E-state index in [4.69, 9.17) is 4.74 Å². The molecule has 1 saturated heterocycles. The maximum absolute atomic E-state index is 12.6. The highest BCUT2D eigenvalue weighted by atomic mass is 16.5. The topological polar surface area (TPSA) is 38.3 Å². The van der Waals surface area contributed by atoms with Gasteiger partial charge in [-0.3, -0.25) is 4.79 Å². The molecule has 0 spiro atoms. The number of rotatable bonds is 4. The highest BCUT2D eigenvalue weighted by molar-refractivity contribution is 6.00. The summed E-state index contributed by atoms with van der Waals surface area (Å²) in [7, 11) is 1.63. The molecule has 0 bridgehead atoms. The van der Waals surface area contributed by atoms with Crippen molar-refractivity contribution < 1.29 is 9.53 Å². The van der Waals surface area contributed by atoms with Gasteiger partial charge in [-0.1, -0.05) is 19.9 Å². The molecule has 0 aromatic heterocycles. The average Bonchev–Trinajstić information content (AvgIpc) is 2.46. The van der Waals surface area contributed by atoms with Crippen molar-refractivity contribution in [1.82, 2.24) is 5.32 Å². The van der Waals surface area contributed by atoms with Gasteiger partial charge in [0.05, 0.1) is 12.7 Å². The van der Waals surface area contributed by atoms with Gasteiger partial charge in [0.1, 0.15) is 5.75 Å². The molecule has 3 heteroatoms. The number of ether oxygens (including phenoxy) is 1. The lowest BCUT2D eigenvalue weighted by Gasteiger charge is -2.22. The Kier molecular flexibility index (Phi) is 4.59.